The molecule has 4 nitrogen and oxygen atoms in total. The van der Waals surface area contributed by atoms with Gasteiger partial charge in [-0.25, -0.2) is 34.8 Å². The Hall–Kier alpha value is -3.18. The number of hydrogen-bond donors (Lipinski definition) is 0. The number of benzene rings is 3. The van der Waals surface area contributed by atoms with E-state index in [1.54, 1.807) is 0 Å². The minimum absolute atomic E-state index is 0.0657. The number of sulfonamides is 1. The van der Waals surface area contributed by atoms with Crippen molar-refractivity contribution in [1.82, 2.24) is 4.31 Å². The minimum atomic E-state index is -5.32. The average molecular weight is 501 g/mol. The van der Waals surface area contributed by atoms with E-state index in [-0.39, 0.29) is 22.5 Å². The lowest BCUT2D eigenvalue weighted by Gasteiger charge is -2.23. The second-order valence-electron chi connectivity index (χ2n) is 7.51. The van der Waals surface area contributed by atoms with Crippen LogP contribution in [0.4, 0.5) is 26.3 Å². The number of halogens is 6. The number of carbonyl (C=O) groups is 1. The van der Waals surface area contributed by atoms with E-state index in [9.17, 15) is 39.6 Å². The molecular weight excluding hydrogens is 484 g/mol. The first-order valence-electron chi connectivity index (χ1n) is 9.71. The molecule has 0 aliphatic carbocycles. The smallest absolute Gasteiger partial charge is 0.249 e. The molecule has 3 rings (SSSR count). The van der Waals surface area contributed by atoms with Crippen LogP contribution in [-0.4, -0.2) is 18.5 Å². The van der Waals surface area contributed by atoms with Crippen LogP contribution in [0.15, 0.2) is 47.4 Å². The maximum atomic E-state index is 14.4. The monoisotopic (exact) mass is 501 g/mol. The molecule has 0 radical (unpaired) electrons. The van der Waals surface area contributed by atoms with Crippen molar-refractivity contribution in [3.05, 3.63) is 99.6 Å². The molecule has 3 aromatic carbocycles. The summed E-state index contributed by atoms with van der Waals surface area (Å²) in [6, 6.07) is 9.20. The van der Waals surface area contributed by atoms with Crippen molar-refractivity contribution in [3.63, 3.8) is 0 Å². The fourth-order valence-corrected chi connectivity index (χ4v) is 4.68. The summed E-state index contributed by atoms with van der Waals surface area (Å²) >= 11 is 0. The van der Waals surface area contributed by atoms with Gasteiger partial charge in [-0.3, -0.25) is 4.79 Å². The average Bonchev–Trinajstić information content (AvgIpc) is 2.78. The second kappa shape index (κ2) is 9.59. The highest BCUT2D eigenvalue weighted by atomic mass is 32.2. The molecule has 0 aliphatic rings. The third kappa shape index (κ3) is 4.85. The lowest BCUT2D eigenvalue weighted by molar-refractivity contribution is 0.101. The van der Waals surface area contributed by atoms with Crippen LogP contribution in [0.1, 0.15) is 34.0 Å². The summed E-state index contributed by atoms with van der Waals surface area (Å²) in [7, 11) is -5.32. The van der Waals surface area contributed by atoms with Crippen LogP contribution < -0.4 is 0 Å². The molecule has 0 amide bonds. The maximum Gasteiger partial charge on any atom is 0.249 e. The summed E-state index contributed by atoms with van der Waals surface area (Å²) < 4.78 is 110. The second-order valence-corrected chi connectivity index (χ2v) is 9.38. The van der Waals surface area contributed by atoms with Crippen molar-refractivity contribution >= 4 is 15.8 Å². The van der Waals surface area contributed by atoms with Crippen molar-refractivity contribution in [1.29, 1.82) is 0 Å². The van der Waals surface area contributed by atoms with Crippen LogP contribution in [-0.2, 0) is 23.1 Å². The summed E-state index contributed by atoms with van der Waals surface area (Å²) in [6.45, 7) is 1.54. The summed E-state index contributed by atoms with van der Waals surface area (Å²) in [5.74, 6) is -13.3. The molecule has 0 bridgehead atoms. The molecule has 0 N–H and O–H groups in total. The Morgan fingerprint density at radius 1 is 0.765 bits per heavy atom. The van der Waals surface area contributed by atoms with Gasteiger partial charge in [0.25, 0.3) is 0 Å². The Labute approximate surface area is 191 Å². The third-order valence-electron chi connectivity index (χ3n) is 5.08. The third-order valence-corrected chi connectivity index (χ3v) is 6.89. The van der Waals surface area contributed by atoms with Crippen LogP contribution in [0.2, 0.25) is 0 Å². The zero-order valence-electron chi connectivity index (χ0n) is 17.8. The van der Waals surface area contributed by atoms with Gasteiger partial charge < -0.3 is 0 Å². The van der Waals surface area contributed by atoms with E-state index in [1.165, 1.54) is 50.2 Å². The summed E-state index contributed by atoms with van der Waals surface area (Å²) in [5.41, 5.74) is 0.859. The molecule has 0 heterocycles. The standard InChI is InChI=1S/C23H17F6NO3S/c1-12-3-4-15(9-17(12)24)11-30(10-14-5-7-16(8-6-14)13(2)31)34(32,33)23-21(28)19(26)18(25)20(27)22(23)29/h3-9H,10-11H2,1-2H3. The van der Waals surface area contributed by atoms with Crippen LogP contribution in [0.5, 0.6) is 0 Å². The Kier molecular flexibility index (Phi) is 7.18. The van der Waals surface area contributed by atoms with E-state index in [1.807, 2.05) is 0 Å². The first-order valence-corrected chi connectivity index (χ1v) is 11.1. The molecule has 0 unspecified atom stereocenters. The van der Waals surface area contributed by atoms with Gasteiger partial charge in [-0.2, -0.15) is 4.31 Å². The number of aryl methyl sites for hydroxylation is 1. The van der Waals surface area contributed by atoms with Crippen molar-refractivity contribution in [2.45, 2.75) is 31.8 Å². The number of carbonyl (C=O) groups excluding carboxylic acids is 1. The molecule has 0 atom stereocenters. The predicted molar refractivity (Wildman–Crippen MR) is 110 cm³/mol. The van der Waals surface area contributed by atoms with Crippen molar-refractivity contribution in [3.8, 4) is 0 Å². The summed E-state index contributed by atoms with van der Waals surface area (Å²) in [5, 5.41) is 0. The fourth-order valence-electron chi connectivity index (χ4n) is 3.15. The van der Waals surface area contributed by atoms with Gasteiger partial charge in [0.15, 0.2) is 33.9 Å². The Morgan fingerprint density at radius 2 is 1.24 bits per heavy atom. The van der Waals surface area contributed by atoms with Crippen LogP contribution in [0.3, 0.4) is 0 Å². The molecule has 11 heteroatoms. The highest BCUT2D eigenvalue weighted by Crippen LogP contribution is 2.31. The number of ketones is 1. The summed E-state index contributed by atoms with van der Waals surface area (Å²) in [4.78, 5) is 9.45. The molecule has 180 valence electrons. The SMILES string of the molecule is CC(=O)c1ccc(CN(Cc2ccc(C)c(F)c2)S(=O)(=O)c2c(F)c(F)c(F)c(F)c2F)cc1. The van der Waals surface area contributed by atoms with Crippen molar-refractivity contribution in [2.75, 3.05) is 0 Å². The predicted octanol–water partition coefficient (Wildman–Crippen LogP) is 5.42. The van der Waals surface area contributed by atoms with Crippen LogP contribution in [0.25, 0.3) is 0 Å². The van der Waals surface area contributed by atoms with Gasteiger partial charge in [0.05, 0.1) is 0 Å². The van der Waals surface area contributed by atoms with Crippen molar-refractivity contribution in [2.24, 2.45) is 0 Å². The normalized spacial score (nSPS) is 11.8. The number of hydrogen-bond acceptors (Lipinski definition) is 3. The number of rotatable bonds is 7. The first kappa shape index (κ1) is 25.4. The molecule has 34 heavy (non-hydrogen) atoms. The lowest BCUT2D eigenvalue weighted by atomic mass is 10.1. The van der Waals surface area contributed by atoms with E-state index in [2.05, 4.69) is 0 Å². The molecule has 0 aromatic heterocycles. The van der Waals surface area contributed by atoms with Gasteiger partial charge in [-0.05, 0) is 36.6 Å². The Morgan fingerprint density at radius 3 is 1.74 bits per heavy atom. The van der Waals surface area contributed by atoms with Gasteiger partial charge in [-0.15, -0.1) is 0 Å². The van der Waals surface area contributed by atoms with E-state index in [0.717, 1.165) is 6.07 Å². The largest absolute Gasteiger partial charge is 0.295 e. The van der Waals surface area contributed by atoms with Gasteiger partial charge in [0.2, 0.25) is 15.8 Å². The zero-order valence-corrected chi connectivity index (χ0v) is 18.6. The maximum absolute atomic E-state index is 14.4. The number of Topliss-reactive ketones (excluding diaryl/α,β-unsaturated/α-hetero) is 1. The molecule has 0 fully saturated rings. The fraction of sp³-hybridized carbons (Fsp3) is 0.174. The van der Waals surface area contributed by atoms with Crippen LogP contribution >= 0.6 is 0 Å². The Balaban J connectivity index is 2.14. The molecule has 0 saturated heterocycles. The zero-order chi connectivity index (χ0) is 25.4. The quantitative estimate of drug-likeness (QED) is 0.188. The molecule has 0 saturated carbocycles. The van der Waals surface area contributed by atoms with Crippen molar-refractivity contribution < 1.29 is 39.6 Å². The van der Waals surface area contributed by atoms with Crippen LogP contribution in [0, 0.1) is 41.8 Å². The molecule has 0 aliphatic heterocycles. The summed E-state index contributed by atoms with van der Waals surface area (Å²) in [6.07, 6.45) is 0. The van der Waals surface area contributed by atoms with Gasteiger partial charge in [0.1, 0.15) is 5.82 Å². The highest BCUT2D eigenvalue weighted by Gasteiger charge is 2.37. The molecular formula is C23H17F6NO3S. The minimum Gasteiger partial charge on any atom is -0.295 e. The van der Waals surface area contributed by atoms with E-state index in [4.69, 9.17) is 0 Å². The van der Waals surface area contributed by atoms with E-state index < -0.39 is 62.9 Å². The van der Waals surface area contributed by atoms with Gasteiger partial charge in [0, 0.05) is 18.7 Å². The molecule has 0 spiro atoms. The van der Waals surface area contributed by atoms with Gasteiger partial charge in [-0.1, -0.05) is 36.4 Å². The molecule has 3 aromatic rings. The highest BCUT2D eigenvalue weighted by molar-refractivity contribution is 7.89. The topological polar surface area (TPSA) is 54.5 Å². The van der Waals surface area contributed by atoms with E-state index in [0.29, 0.717) is 9.87 Å². The van der Waals surface area contributed by atoms with Gasteiger partial charge >= 0.3 is 0 Å². The van der Waals surface area contributed by atoms with E-state index >= 15 is 0 Å². The number of nitrogens with zero attached hydrogens (tertiary/aromatic N) is 1. The lowest BCUT2D eigenvalue weighted by Crippen LogP contribution is -2.32. The Bertz CT molecular complexity index is 1350. The first-order chi connectivity index (χ1) is 15.8.